The van der Waals surface area contributed by atoms with E-state index in [0.29, 0.717) is 12.5 Å². The lowest BCUT2D eigenvalue weighted by molar-refractivity contribution is -0.119. The fourth-order valence-corrected chi connectivity index (χ4v) is 1.20. The Morgan fingerprint density at radius 3 is 3.09 bits per heavy atom. The van der Waals surface area contributed by atoms with Gasteiger partial charge in [-0.3, -0.25) is 4.79 Å². The van der Waals surface area contributed by atoms with E-state index < -0.39 is 0 Å². The Balaban J connectivity index is 2.04. The summed E-state index contributed by atoms with van der Waals surface area (Å²) in [6, 6.07) is 0.343. The van der Waals surface area contributed by atoms with Gasteiger partial charge in [-0.15, -0.1) is 0 Å². The standard InChI is InChI=1S/C7H15N3O/c1-8-5-9-4-6-2-3-7(11)10-6/h6,8-9H,2-5H2,1H3,(H,10,11)/t6-/m0/s1. The quantitative estimate of drug-likeness (QED) is 0.363. The molecule has 0 aromatic heterocycles. The molecule has 0 aromatic carbocycles. The second-order valence-electron chi connectivity index (χ2n) is 2.79. The molecule has 64 valence electrons. The molecule has 11 heavy (non-hydrogen) atoms. The van der Waals surface area contributed by atoms with Crippen molar-refractivity contribution in [3.63, 3.8) is 0 Å². The Morgan fingerprint density at radius 2 is 2.55 bits per heavy atom. The highest BCUT2D eigenvalue weighted by Crippen LogP contribution is 2.04. The predicted octanol–water partition coefficient (Wildman–Crippen LogP) is -0.968. The third-order valence-electron chi connectivity index (χ3n) is 1.78. The highest BCUT2D eigenvalue weighted by Gasteiger charge is 2.19. The zero-order valence-electron chi connectivity index (χ0n) is 6.81. The summed E-state index contributed by atoms with van der Waals surface area (Å²) in [4.78, 5) is 10.7. The van der Waals surface area contributed by atoms with Crippen molar-refractivity contribution in [2.24, 2.45) is 0 Å². The Bertz CT molecular complexity index is 138. The molecule has 0 saturated carbocycles. The molecule has 1 aliphatic rings. The normalized spacial score (nSPS) is 23.7. The maximum Gasteiger partial charge on any atom is 0.220 e. The number of carbonyl (C=O) groups is 1. The van der Waals surface area contributed by atoms with Crippen LogP contribution in [0, 0.1) is 0 Å². The van der Waals surface area contributed by atoms with Crippen molar-refractivity contribution >= 4 is 5.91 Å². The molecule has 1 atom stereocenters. The Labute approximate surface area is 66.7 Å². The first-order valence-corrected chi connectivity index (χ1v) is 3.97. The molecule has 0 aromatic rings. The van der Waals surface area contributed by atoms with E-state index in [1.165, 1.54) is 0 Å². The predicted molar refractivity (Wildman–Crippen MR) is 43.1 cm³/mol. The lowest BCUT2D eigenvalue weighted by Gasteiger charge is -2.10. The van der Waals surface area contributed by atoms with Gasteiger partial charge >= 0.3 is 0 Å². The maximum absolute atomic E-state index is 10.7. The van der Waals surface area contributed by atoms with Gasteiger partial charge in [-0.1, -0.05) is 0 Å². The van der Waals surface area contributed by atoms with E-state index in [1.807, 2.05) is 7.05 Å². The van der Waals surface area contributed by atoms with Crippen molar-refractivity contribution in [3.05, 3.63) is 0 Å². The Morgan fingerprint density at radius 1 is 1.73 bits per heavy atom. The van der Waals surface area contributed by atoms with Gasteiger partial charge in [0, 0.05) is 25.7 Å². The van der Waals surface area contributed by atoms with Crippen LogP contribution in [0.1, 0.15) is 12.8 Å². The molecule has 1 aliphatic heterocycles. The minimum atomic E-state index is 0.182. The average molecular weight is 157 g/mol. The Hall–Kier alpha value is -0.610. The lowest BCUT2D eigenvalue weighted by Crippen LogP contribution is -2.38. The number of rotatable bonds is 4. The summed E-state index contributed by atoms with van der Waals surface area (Å²) >= 11 is 0. The zero-order chi connectivity index (χ0) is 8.10. The van der Waals surface area contributed by atoms with Crippen LogP contribution in [0.25, 0.3) is 0 Å². The molecule has 0 radical (unpaired) electrons. The Kier molecular flexibility index (Phi) is 3.32. The number of carbonyl (C=O) groups excluding carboxylic acids is 1. The van der Waals surface area contributed by atoms with Gasteiger partial charge in [-0.25, -0.2) is 0 Å². The molecule has 4 nitrogen and oxygen atoms in total. The molecule has 1 heterocycles. The summed E-state index contributed by atoms with van der Waals surface area (Å²) < 4.78 is 0. The molecule has 0 aliphatic carbocycles. The fourth-order valence-electron chi connectivity index (χ4n) is 1.20. The van der Waals surface area contributed by atoms with E-state index >= 15 is 0 Å². The van der Waals surface area contributed by atoms with Gasteiger partial charge in [0.25, 0.3) is 0 Å². The fraction of sp³-hybridized carbons (Fsp3) is 0.857. The van der Waals surface area contributed by atoms with E-state index in [1.54, 1.807) is 0 Å². The van der Waals surface area contributed by atoms with E-state index in [9.17, 15) is 4.79 Å². The third kappa shape index (κ3) is 2.86. The number of nitrogens with one attached hydrogen (secondary N) is 3. The first-order chi connectivity index (χ1) is 5.33. The molecular formula is C7H15N3O. The lowest BCUT2D eigenvalue weighted by atomic mass is 10.2. The summed E-state index contributed by atoms with van der Waals surface area (Å²) in [6.07, 6.45) is 1.65. The SMILES string of the molecule is CNCNC[C@@H]1CCC(=O)N1. The summed E-state index contributed by atoms with van der Waals surface area (Å²) in [5, 5.41) is 9.03. The van der Waals surface area contributed by atoms with Crippen molar-refractivity contribution in [1.29, 1.82) is 0 Å². The van der Waals surface area contributed by atoms with Crippen molar-refractivity contribution in [3.8, 4) is 0 Å². The minimum absolute atomic E-state index is 0.182. The van der Waals surface area contributed by atoms with E-state index in [-0.39, 0.29) is 5.91 Å². The molecule has 3 N–H and O–H groups in total. The van der Waals surface area contributed by atoms with Gasteiger partial charge in [-0.05, 0) is 13.5 Å². The van der Waals surface area contributed by atoms with Gasteiger partial charge in [0.1, 0.15) is 0 Å². The third-order valence-corrected chi connectivity index (χ3v) is 1.78. The smallest absolute Gasteiger partial charge is 0.220 e. The van der Waals surface area contributed by atoms with Crippen LogP contribution in [0.2, 0.25) is 0 Å². The zero-order valence-corrected chi connectivity index (χ0v) is 6.81. The largest absolute Gasteiger partial charge is 0.352 e. The van der Waals surface area contributed by atoms with Crippen LogP contribution in [-0.2, 0) is 4.79 Å². The van der Waals surface area contributed by atoms with Crippen molar-refractivity contribution < 1.29 is 4.79 Å². The van der Waals surface area contributed by atoms with Crippen LogP contribution in [0.15, 0.2) is 0 Å². The van der Waals surface area contributed by atoms with Crippen LogP contribution >= 0.6 is 0 Å². The molecule has 0 bridgehead atoms. The highest BCUT2D eigenvalue weighted by atomic mass is 16.1. The van der Waals surface area contributed by atoms with Crippen molar-refractivity contribution in [2.75, 3.05) is 20.3 Å². The van der Waals surface area contributed by atoms with Crippen molar-refractivity contribution in [1.82, 2.24) is 16.0 Å². The second kappa shape index (κ2) is 4.31. The van der Waals surface area contributed by atoms with E-state index in [4.69, 9.17) is 0 Å². The first-order valence-electron chi connectivity index (χ1n) is 3.97. The molecule has 1 amide bonds. The van der Waals surface area contributed by atoms with Crippen LogP contribution < -0.4 is 16.0 Å². The number of hydrogen-bond acceptors (Lipinski definition) is 3. The van der Waals surface area contributed by atoms with E-state index in [0.717, 1.165) is 19.6 Å². The molecule has 0 spiro atoms. The van der Waals surface area contributed by atoms with Gasteiger partial charge in [-0.2, -0.15) is 0 Å². The monoisotopic (exact) mass is 157 g/mol. The second-order valence-corrected chi connectivity index (χ2v) is 2.79. The van der Waals surface area contributed by atoms with Crippen molar-refractivity contribution in [2.45, 2.75) is 18.9 Å². The number of amides is 1. The van der Waals surface area contributed by atoms with Crippen LogP contribution in [0.3, 0.4) is 0 Å². The molecule has 4 heteroatoms. The summed E-state index contributed by atoms with van der Waals surface area (Å²) in [6.45, 7) is 1.67. The van der Waals surface area contributed by atoms with Gasteiger partial charge in [0.2, 0.25) is 5.91 Å². The summed E-state index contributed by atoms with van der Waals surface area (Å²) in [7, 11) is 1.89. The van der Waals surface area contributed by atoms with E-state index in [2.05, 4.69) is 16.0 Å². The molecule has 1 rings (SSSR count). The van der Waals surface area contributed by atoms with Crippen LogP contribution in [0.4, 0.5) is 0 Å². The summed E-state index contributed by atoms with van der Waals surface area (Å²) in [5.41, 5.74) is 0. The van der Waals surface area contributed by atoms with Gasteiger partial charge in [0.15, 0.2) is 0 Å². The van der Waals surface area contributed by atoms with Gasteiger partial charge < -0.3 is 16.0 Å². The summed E-state index contributed by atoms with van der Waals surface area (Å²) in [5.74, 6) is 0.182. The molecule has 1 fully saturated rings. The topological polar surface area (TPSA) is 53.2 Å². The average Bonchev–Trinajstić information content (AvgIpc) is 2.37. The first kappa shape index (κ1) is 8.49. The minimum Gasteiger partial charge on any atom is -0.352 e. The molecule has 1 saturated heterocycles. The number of hydrogen-bond donors (Lipinski definition) is 3. The molecular weight excluding hydrogens is 142 g/mol. The maximum atomic E-state index is 10.7. The highest BCUT2D eigenvalue weighted by molar-refractivity contribution is 5.78. The molecule has 0 unspecified atom stereocenters. The van der Waals surface area contributed by atoms with Crippen LogP contribution in [-0.4, -0.2) is 32.2 Å². The van der Waals surface area contributed by atoms with Crippen LogP contribution in [0.5, 0.6) is 0 Å². The van der Waals surface area contributed by atoms with Gasteiger partial charge in [0.05, 0.1) is 0 Å².